The third-order valence-corrected chi connectivity index (χ3v) is 4.87. The number of carboxylic acids is 1. The van der Waals surface area contributed by atoms with Crippen molar-refractivity contribution in [3.8, 4) is 0 Å². The number of rotatable bonds is 3. The molecule has 2 atom stereocenters. The van der Waals surface area contributed by atoms with E-state index in [4.69, 9.17) is 0 Å². The lowest BCUT2D eigenvalue weighted by Crippen LogP contribution is -2.60. The highest BCUT2D eigenvalue weighted by atomic mass is 16.4. The van der Waals surface area contributed by atoms with Crippen LogP contribution in [0.5, 0.6) is 0 Å². The van der Waals surface area contributed by atoms with Crippen LogP contribution in [-0.2, 0) is 4.79 Å². The topological polar surface area (TPSA) is 66.4 Å². The number of carbonyl (C=O) groups is 2. The average molecular weight is 289 g/mol. The van der Waals surface area contributed by atoms with E-state index in [1.165, 1.54) is 0 Å². The van der Waals surface area contributed by atoms with Gasteiger partial charge in [0.05, 0.1) is 0 Å². The minimum Gasteiger partial charge on any atom is -0.479 e. The summed E-state index contributed by atoms with van der Waals surface area (Å²) in [6, 6.07) is 5.53. The first-order valence-electron chi connectivity index (χ1n) is 7.50. The molecule has 2 rings (SSSR count). The predicted molar refractivity (Wildman–Crippen MR) is 81.4 cm³/mol. The maximum atomic E-state index is 12.6. The number of carbonyl (C=O) groups excluding carboxylic acids is 1. The fraction of sp³-hybridized carbons (Fsp3) is 0.529. The Morgan fingerprint density at radius 3 is 2.62 bits per heavy atom. The molecule has 114 valence electrons. The highest BCUT2D eigenvalue weighted by Gasteiger charge is 2.46. The smallest absolute Gasteiger partial charge is 0.329 e. The number of amides is 1. The van der Waals surface area contributed by atoms with Gasteiger partial charge >= 0.3 is 5.97 Å². The summed E-state index contributed by atoms with van der Waals surface area (Å²) in [5.41, 5.74) is 1.36. The third kappa shape index (κ3) is 2.80. The van der Waals surface area contributed by atoms with E-state index in [-0.39, 0.29) is 11.8 Å². The van der Waals surface area contributed by atoms with Gasteiger partial charge in [0.25, 0.3) is 5.91 Å². The zero-order valence-corrected chi connectivity index (χ0v) is 12.9. The summed E-state index contributed by atoms with van der Waals surface area (Å²) in [5.74, 6) is -1.27. The lowest BCUT2D eigenvalue weighted by atomic mass is 9.73. The Morgan fingerprint density at radius 2 is 2.00 bits per heavy atom. The van der Waals surface area contributed by atoms with Crippen molar-refractivity contribution in [3.05, 3.63) is 34.9 Å². The van der Waals surface area contributed by atoms with Crippen molar-refractivity contribution >= 4 is 11.9 Å². The molecule has 2 unspecified atom stereocenters. The van der Waals surface area contributed by atoms with Gasteiger partial charge in [0, 0.05) is 5.56 Å². The number of hydrogen-bond acceptors (Lipinski definition) is 2. The molecule has 0 aliphatic heterocycles. The Morgan fingerprint density at radius 1 is 1.29 bits per heavy atom. The van der Waals surface area contributed by atoms with E-state index >= 15 is 0 Å². The van der Waals surface area contributed by atoms with Gasteiger partial charge in [-0.05, 0) is 49.8 Å². The quantitative estimate of drug-likeness (QED) is 0.898. The van der Waals surface area contributed by atoms with Gasteiger partial charge in [-0.3, -0.25) is 4.79 Å². The van der Waals surface area contributed by atoms with Crippen LogP contribution in [0.3, 0.4) is 0 Å². The van der Waals surface area contributed by atoms with Crippen molar-refractivity contribution in [2.75, 3.05) is 0 Å². The average Bonchev–Trinajstić information content (AvgIpc) is 2.44. The molecule has 1 fully saturated rings. The lowest BCUT2D eigenvalue weighted by molar-refractivity contribution is -0.148. The van der Waals surface area contributed by atoms with Gasteiger partial charge in [0.2, 0.25) is 0 Å². The lowest BCUT2D eigenvalue weighted by Gasteiger charge is -2.39. The molecule has 21 heavy (non-hydrogen) atoms. The van der Waals surface area contributed by atoms with Crippen LogP contribution in [0, 0.1) is 19.8 Å². The summed E-state index contributed by atoms with van der Waals surface area (Å²) in [6.07, 6.45) is 3.19. The van der Waals surface area contributed by atoms with E-state index in [9.17, 15) is 14.7 Å². The Balaban J connectivity index is 2.31. The van der Waals surface area contributed by atoms with Crippen molar-refractivity contribution in [2.24, 2.45) is 5.92 Å². The van der Waals surface area contributed by atoms with E-state index in [1.807, 2.05) is 32.9 Å². The summed E-state index contributed by atoms with van der Waals surface area (Å²) >= 11 is 0. The molecule has 0 radical (unpaired) electrons. The summed E-state index contributed by atoms with van der Waals surface area (Å²) in [7, 11) is 0. The maximum Gasteiger partial charge on any atom is 0.329 e. The molecule has 0 saturated heterocycles. The molecule has 1 aromatic carbocycles. The number of nitrogens with one attached hydrogen (secondary N) is 1. The molecule has 4 heteroatoms. The first kappa shape index (κ1) is 15.5. The fourth-order valence-electron chi connectivity index (χ4n) is 3.17. The van der Waals surface area contributed by atoms with Gasteiger partial charge in [-0.2, -0.15) is 0 Å². The van der Waals surface area contributed by atoms with Crippen molar-refractivity contribution in [3.63, 3.8) is 0 Å². The summed E-state index contributed by atoms with van der Waals surface area (Å²) < 4.78 is 0. The number of carboxylic acid groups (broad SMARTS) is 1. The Labute approximate surface area is 125 Å². The molecular weight excluding hydrogens is 266 g/mol. The van der Waals surface area contributed by atoms with Gasteiger partial charge in [-0.15, -0.1) is 0 Å². The molecule has 1 aliphatic rings. The van der Waals surface area contributed by atoms with Crippen LogP contribution in [0.4, 0.5) is 0 Å². The van der Waals surface area contributed by atoms with E-state index in [1.54, 1.807) is 6.07 Å². The SMILES string of the molecule is Cc1cccc(C(=O)NC2(C(=O)O)CCCCC2C)c1C. The minimum absolute atomic E-state index is 0.0576. The molecular formula is C17H23NO3. The standard InChI is InChI=1S/C17H23NO3/c1-11-7-6-9-14(13(11)3)15(19)18-17(16(20)21)10-5-4-8-12(17)2/h6-7,9,12H,4-5,8,10H2,1-3H3,(H,18,19)(H,20,21). The second-order valence-corrected chi connectivity index (χ2v) is 6.12. The molecule has 1 aromatic rings. The van der Waals surface area contributed by atoms with Gasteiger partial charge < -0.3 is 10.4 Å². The summed E-state index contributed by atoms with van der Waals surface area (Å²) in [5, 5.41) is 12.5. The zero-order chi connectivity index (χ0) is 15.6. The number of aryl methyl sites for hydroxylation is 1. The number of hydrogen-bond donors (Lipinski definition) is 2. The van der Waals surface area contributed by atoms with Gasteiger partial charge in [-0.25, -0.2) is 4.79 Å². The number of aliphatic carboxylic acids is 1. The van der Waals surface area contributed by atoms with Crippen LogP contribution >= 0.6 is 0 Å². The Bertz CT molecular complexity index is 567. The van der Waals surface area contributed by atoms with Crippen molar-refractivity contribution in [1.82, 2.24) is 5.32 Å². The second kappa shape index (κ2) is 5.88. The van der Waals surface area contributed by atoms with E-state index in [2.05, 4.69) is 5.32 Å². The van der Waals surface area contributed by atoms with Gasteiger partial charge in [0.15, 0.2) is 0 Å². The largest absolute Gasteiger partial charge is 0.479 e. The predicted octanol–water partition coefficient (Wildman–Crippen LogP) is 3.07. The first-order valence-corrected chi connectivity index (χ1v) is 7.50. The Hall–Kier alpha value is -1.84. The van der Waals surface area contributed by atoms with Crippen molar-refractivity contribution < 1.29 is 14.7 Å². The molecule has 0 heterocycles. The molecule has 1 saturated carbocycles. The molecule has 2 N–H and O–H groups in total. The third-order valence-electron chi connectivity index (χ3n) is 4.87. The van der Waals surface area contributed by atoms with Crippen LogP contribution in [0.15, 0.2) is 18.2 Å². The van der Waals surface area contributed by atoms with Crippen LogP contribution in [0.25, 0.3) is 0 Å². The molecule has 0 bridgehead atoms. The number of benzene rings is 1. The normalized spacial score (nSPS) is 25.4. The summed E-state index contributed by atoms with van der Waals surface area (Å²) in [6.45, 7) is 5.75. The molecule has 1 aliphatic carbocycles. The van der Waals surface area contributed by atoms with Crippen molar-refractivity contribution in [1.29, 1.82) is 0 Å². The van der Waals surface area contributed by atoms with Gasteiger partial charge in [-0.1, -0.05) is 31.9 Å². The van der Waals surface area contributed by atoms with Crippen LogP contribution in [0.1, 0.15) is 54.1 Å². The second-order valence-electron chi connectivity index (χ2n) is 6.12. The first-order chi connectivity index (χ1) is 9.88. The van der Waals surface area contributed by atoms with E-state index in [0.717, 1.165) is 30.4 Å². The van der Waals surface area contributed by atoms with E-state index in [0.29, 0.717) is 12.0 Å². The van der Waals surface area contributed by atoms with Crippen LogP contribution < -0.4 is 5.32 Å². The molecule has 4 nitrogen and oxygen atoms in total. The highest BCUT2D eigenvalue weighted by Crippen LogP contribution is 2.34. The maximum absolute atomic E-state index is 12.6. The molecule has 0 aromatic heterocycles. The Kier molecular flexibility index (Phi) is 4.35. The molecule has 0 spiro atoms. The molecule has 1 amide bonds. The highest BCUT2D eigenvalue weighted by molar-refractivity contribution is 5.99. The van der Waals surface area contributed by atoms with Crippen molar-refractivity contribution in [2.45, 2.75) is 52.0 Å². The fourth-order valence-corrected chi connectivity index (χ4v) is 3.17. The van der Waals surface area contributed by atoms with E-state index < -0.39 is 11.5 Å². The minimum atomic E-state index is -1.13. The monoisotopic (exact) mass is 289 g/mol. The van der Waals surface area contributed by atoms with Crippen LogP contribution in [0.2, 0.25) is 0 Å². The zero-order valence-electron chi connectivity index (χ0n) is 12.9. The van der Waals surface area contributed by atoms with Crippen LogP contribution in [-0.4, -0.2) is 22.5 Å². The van der Waals surface area contributed by atoms with Gasteiger partial charge in [0.1, 0.15) is 5.54 Å². The summed E-state index contributed by atoms with van der Waals surface area (Å²) in [4.78, 5) is 24.4.